The number of carbonyl (C=O) groups excluding carboxylic acids is 6. The van der Waals surface area contributed by atoms with Crippen molar-refractivity contribution in [1.82, 2.24) is 20.9 Å². The lowest BCUT2D eigenvalue weighted by molar-refractivity contribution is -0.143. The van der Waals surface area contributed by atoms with Gasteiger partial charge in [-0.05, 0) is 30.1 Å². The summed E-state index contributed by atoms with van der Waals surface area (Å²) in [6, 6.07) is -3.58. The first-order valence-electron chi connectivity index (χ1n) is 11.6. The number of hydrogen-bond donors (Lipinski definition) is 4. The highest BCUT2D eigenvalue weighted by molar-refractivity contribution is 6.37. The third kappa shape index (κ3) is 8.11. The SMILES string of the molecule is CCC(C)CC(NC(=O)C1C[C@@H](C)CN1C(=O)C(NC(=O)NCC=O)C(C)(C)C)C(=O)C(N)=O. The summed E-state index contributed by atoms with van der Waals surface area (Å²) in [5, 5.41) is 7.59. The van der Waals surface area contributed by atoms with Gasteiger partial charge in [0.25, 0.3) is 5.91 Å². The number of likely N-dealkylation sites (tertiary alicyclic amines) is 1. The number of urea groups is 1. The van der Waals surface area contributed by atoms with E-state index in [-0.39, 0.29) is 24.8 Å². The van der Waals surface area contributed by atoms with E-state index in [9.17, 15) is 28.8 Å². The second kappa shape index (κ2) is 12.5. The standard InChI is InChI=1S/C23H39N5O6/c1-7-13(2)10-15(17(30)19(24)31)26-20(32)16-11-14(3)12-28(16)21(33)18(23(4,5)6)27-22(34)25-8-9-29/h9,13-16,18H,7-8,10-12H2,1-6H3,(H2,24,31)(H,26,32)(H2,25,27,34)/t13?,14-,15?,16?,18?/m1/s1. The minimum atomic E-state index is -1.13. The van der Waals surface area contributed by atoms with Crippen molar-refractivity contribution in [3.63, 3.8) is 0 Å². The Bertz CT molecular complexity index is 793. The zero-order valence-electron chi connectivity index (χ0n) is 21.0. The van der Waals surface area contributed by atoms with Crippen LogP contribution in [0.1, 0.15) is 60.8 Å². The highest BCUT2D eigenvalue weighted by atomic mass is 16.2. The Morgan fingerprint density at radius 1 is 1.15 bits per heavy atom. The molecule has 192 valence electrons. The van der Waals surface area contributed by atoms with Crippen LogP contribution in [-0.4, -0.2) is 71.9 Å². The van der Waals surface area contributed by atoms with Gasteiger partial charge in [0.2, 0.25) is 17.6 Å². The number of nitrogens with one attached hydrogen (secondary N) is 3. The Morgan fingerprint density at radius 3 is 2.26 bits per heavy atom. The molecule has 0 spiro atoms. The molecule has 1 saturated heterocycles. The summed E-state index contributed by atoms with van der Waals surface area (Å²) in [6.07, 6.45) is 1.89. The third-order valence-electron chi connectivity index (χ3n) is 6.04. The molecule has 5 atom stereocenters. The molecule has 0 aliphatic carbocycles. The number of nitrogens with two attached hydrogens (primary N) is 1. The Hall–Kier alpha value is -2.98. The van der Waals surface area contributed by atoms with Crippen molar-refractivity contribution in [1.29, 1.82) is 0 Å². The molecule has 5 N–H and O–H groups in total. The van der Waals surface area contributed by atoms with Crippen LogP contribution in [0.25, 0.3) is 0 Å². The fraction of sp³-hybridized carbons (Fsp3) is 0.739. The molecule has 1 heterocycles. The fourth-order valence-electron chi connectivity index (χ4n) is 3.91. The predicted octanol–water partition coefficient (Wildman–Crippen LogP) is 0.112. The van der Waals surface area contributed by atoms with Gasteiger partial charge in [0.05, 0.1) is 12.6 Å². The van der Waals surface area contributed by atoms with Crippen LogP contribution in [0.2, 0.25) is 0 Å². The first kappa shape index (κ1) is 29.1. The minimum absolute atomic E-state index is 0.00376. The van der Waals surface area contributed by atoms with Crippen LogP contribution in [0.15, 0.2) is 0 Å². The lowest BCUT2D eigenvalue weighted by Gasteiger charge is -2.35. The van der Waals surface area contributed by atoms with Crippen LogP contribution in [0.5, 0.6) is 0 Å². The van der Waals surface area contributed by atoms with Crippen molar-refractivity contribution in [2.24, 2.45) is 23.0 Å². The van der Waals surface area contributed by atoms with Crippen LogP contribution in [0.3, 0.4) is 0 Å². The quantitative estimate of drug-likeness (QED) is 0.241. The number of hydrogen-bond acceptors (Lipinski definition) is 6. The summed E-state index contributed by atoms with van der Waals surface area (Å²) < 4.78 is 0. The molecule has 34 heavy (non-hydrogen) atoms. The van der Waals surface area contributed by atoms with Gasteiger partial charge in [-0.1, -0.05) is 48.0 Å². The molecule has 1 fully saturated rings. The summed E-state index contributed by atoms with van der Waals surface area (Å²) >= 11 is 0. The summed E-state index contributed by atoms with van der Waals surface area (Å²) in [5.41, 5.74) is 4.49. The van der Waals surface area contributed by atoms with E-state index >= 15 is 0 Å². The van der Waals surface area contributed by atoms with Crippen LogP contribution >= 0.6 is 0 Å². The Kier molecular flexibility index (Phi) is 10.7. The second-order valence-corrected chi connectivity index (χ2v) is 10.2. The van der Waals surface area contributed by atoms with Gasteiger partial charge in [0.1, 0.15) is 18.4 Å². The molecule has 1 aliphatic rings. The van der Waals surface area contributed by atoms with Crippen LogP contribution in [-0.2, 0) is 24.0 Å². The largest absolute Gasteiger partial charge is 0.363 e. The first-order valence-corrected chi connectivity index (χ1v) is 11.6. The zero-order valence-corrected chi connectivity index (χ0v) is 21.0. The highest BCUT2D eigenvalue weighted by Gasteiger charge is 2.44. The maximum atomic E-state index is 13.5. The number of nitrogens with zero attached hydrogens (tertiary/aromatic N) is 1. The fourth-order valence-corrected chi connectivity index (χ4v) is 3.91. The molecule has 0 aromatic carbocycles. The van der Waals surface area contributed by atoms with Crippen molar-refractivity contribution in [3.05, 3.63) is 0 Å². The molecule has 0 radical (unpaired) electrons. The zero-order chi connectivity index (χ0) is 26.2. The Labute approximate surface area is 200 Å². The summed E-state index contributed by atoms with van der Waals surface area (Å²) in [4.78, 5) is 74.6. The van der Waals surface area contributed by atoms with E-state index in [2.05, 4.69) is 16.0 Å². The lowest BCUT2D eigenvalue weighted by atomic mass is 9.85. The van der Waals surface area contributed by atoms with Gasteiger partial charge < -0.3 is 31.4 Å². The predicted molar refractivity (Wildman–Crippen MR) is 125 cm³/mol. The maximum absolute atomic E-state index is 13.5. The monoisotopic (exact) mass is 481 g/mol. The smallest absolute Gasteiger partial charge is 0.315 e. The molecule has 0 bridgehead atoms. The maximum Gasteiger partial charge on any atom is 0.315 e. The van der Waals surface area contributed by atoms with Crippen molar-refractivity contribution in [3.8, 4) is 0 Å². The van der Waals surface area contributed by atoms with E-state index in [0.717, 1.165) is 6.42 Å². The number of aldehydes is 1. The van der Waals surface area contributed by atoms with Crippen LogP contribution in [0.4, 0.5) is 4.79 Å². The van der Waals surface area contributed by atoms with E-state index in [1.807, 2.05) is 20.8 Å². The molecule has 1 rings (SSSR count). The molecule has 0 aromatic heterocycles. The van der Waals surface area contributed by atoms with Gasteiger partial charge in [-0.2, -0.15) is 0 Å². The molecule has 5 amide bonds. The first-order chi connectivity index (χ1) is 15.7. The molecule has 0 aromatic rings. The number of rotatable bonds is 11. The number of ketones is 1. The van der Waals surface area contributed by atoms with E-state index in [1.165, 1.54) is 4.90 Å². The average molecular weight is 482 g/mol. The van der Waals surface area contributed by atoms with Crippen LogP contribution in [0, 0.1) is 17.3 Å². The van der Waals surface area contributed by atoms with Gasteiger partial charge in [0.15, 0.2) is 0 Å². The summed E-state index contributed by atoms with van der Waals surface area (Å²) in [5.74, 6) is -2.92. The van der Waals surface area contributed by atoms with Gasteiger partial charge >= 0.3 is 6.03 Å². The topological polar surface area (TPSA) is 168 Å². The van der Waals surface area contributed by atoms with E-state index in [1.54, 1.807) is 20.8 Å². The molecular weight excluding hydrogens is 442 g/mol. The Morgan fingerprint density at radius 2 is 1.76 bits per heavy atom. The number of primary amides is 1. The van der Waals surface area contributed by atoms with Crippen molar-refractivity contribution >= 4 is 35.8 Å². The van der Waals surface area contributed by atoms with E-state index in [0.29, 0.717) is 19.3 Å². The average Bonchev–Trinajstić information content (AvgIpc) is 3.15. The van der Waals surface area contributed by atoms with E-state index < -0.39 is 53.1 Å². The minimum Gasteiger partial charge on any atom is -0.363 e. The normalized spacial score (nSPS) is 20.6. The molecule has 11 nitrogen and oxygen atoms in total. The Balaban J connectivity index is 3.12. The molecule has 1 aliphatic heterocycles. The van der Waals surface area contributed by atoms with Gasteiger partial charge in [-0.25, -0.2) is 4.79 Å². The molecule has 4 unspecified atom stereocenters. The number of carbonyl (C=O) groups is 6. The van der Waals surface area contributed by atoms with Gasteiger partial charge in [-0.3, -0.25) is 19.2 Å². The van der Waals surface area contributed by atoms with Crippen molar-refractivity contribution in [2.75, 3.05) is 13.1 Å². The van der Waals surface area contributed by atoms with E-state index in [4.69, 9.17) is 5.73 Å². The van der Waals surface area contributed by atoms with Gasteiger partial charge in [-0.15, -0.1) is 0 Å². The van der Waals surface area contributed by atoms with Crippen LogP contribution < -0.4 is 21.7 Å². The summed E-state index contributed by atoms with van der Waals surface area (Å²) in [6.45, 7) is 11.1. The number of Topliss-reactive ketones (excluding diaryl/α,β-unsaturated/α-hetero) is 1. The molecule has 11 heteroatoms. The second-order valence-electron chi connectivity index (χ2n) is 10.2. The van der Waals surface area contributed by atoms with Gasteiger partial charge in [0, 0.05) is 6.54 Å². The summed E-state index contributed by atoms with van der Waals surface area (Å²) in [7, 11) is 0. The lowest BCUT2D eigenvalue weighted by Crippen LogP contribution is -2.60. The molecular formula is C23H39N5O6. The third-order valence-corrected chi connectivity index (χ3v) is 6.04. The molecule has 0 saturated carbocycles. The van der Waals surface area contributed by atoms with Crippen molar-refractivity contribution < 1.29 is 28.8 Å². The highest BCUT2D eigenvalue weighted by Crippen LogP contribution is 2.28. The number of amides is 5. The van der Waals surface area contributed by atoms with Crippen molar-refractivity contribution in [2.45, 2.75) is 78.9 Å².